The normalized spacial score (nSPS) is 33.5. The molecule has 3 heteroatoms. The molecule has 0 aromatic heterocycles. The predicted octanol–water partition coefficient (Wildman–Crippen LogP) is 3.94. The number of piperidine rings is 1. The first-order chi connectivity index (χ1) is 10.6. The first-order valence-electron chi connectivity index (χ1n) is 8.51. The van der Waals surface area contributed by atoms with Gasteiger partial charge in [-0.3, -0.25) is 0 Å². The van der Waals surface area contributed by atoms with Gasteiger partial charge in [0.1, 0.15) is 0 Å². The smallest absolute Gasteiger partial charge is 0.0920 e. The van der Waals surface area contributed by atoms with Gasteiger partial charge in [0.05, 0.1) is 5.60 Å². The summed E-state index contributed by atoms with van der Waals surface area (Å²) < 4.78 is 1.07. The zero-order chi connectivity index (χ0) is 15.2. The number of hydrogen-bond donors (Lipinski definition) is 1. The summed E-state index contributed by atoms with van der Waals surface area (Å²) in [6.07, 6.45) is 9.34. The van der Waals surface area contributed by atoms with E-state index in [0.717, 1.165) is 53.7 Å². The van der Waals surface area contributed by atoms with Crippen molar-refractivity contribution in [3.8, 4) is 0 Å². The van der Waals surface area contributed by atoms with Crippen LogP contribution < -0.4 is 0 Å². The molecule has 118 valence electrons. The highest BCUT2D eigenvalue weighted by atomic mass is 79.9. The fraction of sp³-hybridized carbons (Fsp3) is 0.579. The third-order valence-electron chi connectivity index (χ3n) is 5.97. The lowest BCUT2D eigenvalue weighted by Gasteiger charge is -2.40. The van der Waals surface area contributed by atoms with E-state index < -0.39 is 5.60 Å². The van der Waals surface area contributed by atoms with Crippen LogP contribution in [0.2, 0.25) is 0 Å². The van der Waals surface area contributed by atoms with Crippen molar-refractivity contribution in [1.29, 1.82) is 0 Å². The highest BCUT2D eigenvalue weighted by molar-refractivity contribution is 9.10. The molecule has 1 aromatic carbocycles. The molecule has 0 unspecified atom stereocenters. The molecule has 3 aliphatic rings. The second-order valence-corrected chi connectivity index (χ2v) is 8.30. The second kappa shape index (κ2) is 5.77. The summed E-state index contributed by atoms with van der Waals surface area (Å²) in [5.74, 6) is 2.55. The number of halogens is 1. The summed E-state index contributed by atoms with van der Waals surface area (Å²) in [4.78, 5) is 2.58. The van der Waals surface area contributed by atoms with Crippen LogP contribution in [0.1, 0.15) is 31.2 Å². The lowest BCUT2D eigenvalue weighted by atomic mass is 9.83. The number of hydrogen-bond acceptors (Lipinski definition) is 2. The Bertz CT molecular complexity index is 559. The Hall–Kier alpha value is -0.640. The first kappa shape index (κ1) is 14.9. The van der Waals surface area contributed by atoms with Gasteiger partial charge in [-0.2, -0.15) is 0 Å². The van der Waals surface area contributed by atoms with Crippen molar-refractivity contribution in [3.63, 3.8) is 0 Å². The largest absolute Gasteiger partial charge is 0.385 e. The molecule has 1 aliphatic heterocycles. The fourth-order valence-corrected chi connectivity index (χ4v) is 4.85. The van der Waals surface area contributed by atoms with Gasteiger partial charge in [0.2, 0.25) is 0 Å². The molecule has 1 aromatic rings. The van der Waals surface area contributed by atoms with E-state index >= 15 is 0 Å². The van der Waals surface area contributed by atoms with E-state index in [1.165, 1.54) is 19.4 Å². The molecule has 0 amide bonds. The van der Waals surface area contributed by atoms with Crippen LogP contribution in [0.3, 0.4) is 0 Å². The zero-order valence-corrected chi connectivity index (χ0v) is 14.5. The summed E-state index contributed by atoms with van der Waals surface area (Å²) >= 11 is 3.47. The van der Waals surface area contributed by atoms with Gasteiger partial charge in [-0.25, -0.2) is 0 Å². The highest BCUT2D eigenvalue weighted by Gasteiger charge is 2.39. The predicted molar refractivity (Wildman–Crippen MR) is 92.6 cm³/mol. The van der Waals surface area contributed by atoms with Crippen molar-refractivity contribution in [2.75, 3.05) is 19.6 Å². The van der Waals surface area contributed by atoms with E-state index in [1.807, 2.05) is 12.1 Å². The van der Waals surface area contributed by atoms with Crippen LogP contribution in [0.25, 0.3) is 0 Å². The van der Waals surface area contributed by atoms with Gasteiger partial charge < -0.3 is 10.0 Å². The van der Waals surface area contributed by atoms with Gasteiger partial charge in [0.25, 0.3) is 0 Å². The molecule has 0 spiro atoms. The molecule has 2 nitrogen and oxygen atoms in total. The minimum Gasteiger partial charge on any atom is -0.385 e. The highest BCUT2D eigenvalue weighted by Crippen LogP contribution is 2.44. The number of fused-ring (bicyclic) bond motifs is 2. The van der Waals surface area contributed by atoms with Gasteiger partial charge in [0, 0.05) is 24.1 Å². The average molecular weight is 362 g/mol. The van der Waals surface area contributed by atoms with E-state index in [9.17, 15) is 5.11 Å². The number of benzene rings is 1. The quantitative estimate of drug-likeness (QED) is 0.824. The molecule has 1 saturated carbocycles. The molecule has 22 heavy (non-hydrogen) atoms. The van der Waals surface area contributed by atoms with Crippen molar-refractivity contribution in [2.45, 2.75) is 31.3 Å². The number of aliphatic hydroxyl groups is 1. The van der Waals surface area contributed by atoms with Crippen LogP contribution in [-0.4, -0.2) is 29.6 Å². The Morgan fingerprint density at radius 2 is 1.82 bits per heavy atom. The maximum atomic E-state index is 11.0. The van der Waals surface area contributed by atoms with Crippen LogP contribution in [0.4, 0.5) is 0 Å². The molecule has 1 N–H and O–H groups in total. The molecule has 1 heterocycles. The average Bonchev–Trinajstić information content (AvgIpc) is 3.13. The van der Waals surface area contributed by atoms with Crippen LogP contribution in [0.15, 0.2) is 40.9 Å². The Morgan fingerprint density at radius 1 is 1.09 bits per heavy atom. The molecule has 2 aliphatic carbocycles. The standard InChI is InChI=1S/C19H24BrNO/c20-18-5-3-17(4-6-18)19(22)7-9-21(10-8-19)13-16-12-14-1-2-15(16)11-14/h1-6,14-16,22H,7-13H2/t14-,15-,16-/m0/s1. The van der Waals surface area contributed by atoms with Gasteiger partial charge in [-0.1, -0.05) is 40.2 Å². The topological polar surface area (TPSA) is 23.5 Å². The zero-order valence-electron chi connectivity index (χ0n) is 12.9. The molecular weight excluding hydrogens is 338 g/mol. The molecular formula is C19H24BrNO. The van der Waals surface area contributed by atoms with Crippen molar-refractivity contribution in [1.82, 2.24) is 4.90 Å². The minimum atomic E-state index is -0.633. The van der Waals surface area contributed by atoms with Crippen LogP contribution in [0.5, 0.6) is 0 Å². The van der Waals surface area contributed by atoms with Crippen LogP contribution in [0, 0.1) is 17.8 Å². The monoisotopic (exact) mass is 361 g/mol. The SMILES string of the molecule is OC1(c2ccc(Br)cc2)CCN(C[C@@H]2C[C@H]3C=C[C@H]2C3)CC1. The number of allylic oxidation sites excluding steroid dienone is 2. The summed E-state index contributed by atoms with van der Waals surface area (Å²) in [5.41, 5.74) is 0.435. The van der Waals surface area contributed by atoms with Gasteiger partial charge in [0.15, 0.2) is 0 Å². The van der Waals surface area contributed by atoms with Crippen molar-refractivity contribution in [3.05, 3.63) is 46.5 Å². The van der Waals surface area contributed by atoms with Crippen molar-refractivity contribution < 1.29 is 5.11 Å². The summed E-state index contributed by atoms with van der Waals surface area (Å²) in [6, 6.07) is 8.17. The fourth-order valence-electron chi connectivity index (χ4n) is 4.59. The molecule has 4 rings (SSSR count). The maximum Gasteiger partial charge on any atom is 0.0920 e. The van der Waals surface area contributed by atoms with Crippen LogP contribution in [-0.2, 0) is 5.60 Å². The molecule has 1 saturated heterocycles. The van der Waals surface area contributed by atoms with Gasteiger partial charge in [-0.15, -0.1) is 0 Å². The Balaban J connectivity index is 1.36. The van der Waals surface area contributed by atoms with Crippen molar-refractivity contribution in [2.24, 2.45) is 17.8 Å². The van der Waals surface area contributed by atoms with Crippen molar-refractivity contribution >= 4 is 15.9 Å². The Morgan fingerprint density at radius 3 is 2.41 bits per heavy atom. The lowest BCUT2D eigenvalue weighted by molar-refractivity contribution is -0.0295. The molecule has 0 radical (unpaired) electrons. The summed E-state index contributed by atoms with van der Waals surface area (Å²) in [5, 5.41) is 11.0. The molecule has 2 bridgehead atoms. The Kier molecular flexibility index (Phi) is 3.91. The third kappa shape index (κ3) is 2.79. The number of likely N-dealkylation sites (tertiary alicyclic amines) is 1. The van der Waals surface area contributed by atoms with E-state index in [-0.39, 0.29) is 0 Å². The lowest BCUT2D eigenvalue weighted by Crippen LogP contribution is -2.44. The van der Waals surface area contributed by atoms with Gasteiger partial charge in [-0.05, 0) is 61.1 Å². The maximum absolute atomic E-state index is 11.0. The van der Waals surface area contributed by atoms with E-state index in [2.05, 4.69) is 45.1 Å². The van der Waals surface area contributed by atoms with E-state index in [4.69, 9.17) is 0 Å². The molecule has 3 atom stereocenters. The first-order valence-corrected chi connectivity index (χ1v) is 9.31. The molecule has 2 fully saturated rings. The number of rotatable bonds is 3. The van der Waals surface area contributed by atoms with E-state index in [1.54, 1.807) is 0 Å². The van der Waals surface area contributed by atoms with E-state index in [0.29, 0.717) is 0 Å². The third-order valence-corrected chi connectivity index (χ3v) is 6.50. The summed E-state index contributed by atoms with van der Waals surface area (Å²) in [6.45, 7) is 3.26. The minimum absolute atomic E-state index is 0.633. The van der Waals surface area contributed by atoms with Crippen LogP contribution >= 0.6 is 15.9 Å². The summed E-state index contributed by atoms with van der Waals surface area (Å²) in [7, 11) is 0. The second-order valence-electron chi connectivity index (χ2n) is 7.38. The Labute approximate surface area is 141 Å². The number of nitrogens with zero attached hydrogens (tertiary/aromatic N) is 1. The van der Waals surface area contributed by atoms with Gasteiger partial charge >= 0.3 is 0 Å².